The summed E-state index contributed by atoms with van der Waals surface area (Å²) in [6.45, 7) is 4.73. The largest absolute Gasteiger partial charge is 0.483 e. The van der Waals surface area contributed by atoms with Crippen molar-refractivity contribution in [3.63, 3.8) is 0 Å². The van der Waals surface area contributed by atoms with Crippen molar-refractivity contribution >= 4 is 0 Å². The number of aromatic amines is 1. The Hall–Kier alpha value is -2.03. The molecule has 1 N–H and O–H groups in total. The van der Waals surface area contributed by atoms with Crippen LogP contribution in [0.1, 0.15) is 30.9 Å². The summed E-state index contributed by atoms with van der Waals surface area (Å²) in [5, 5.41) is 0. The van der Waals surface area contributed by atoms with Crippen LogP contribution in [0.25, 0.3) is 0 Å². The standard InChI is InChI=1S/C15H17NO2/c1-11(2)13-7-5-12(6-8-13)10-18-14-4-3-9-16-15(14)17/h3-9,11H,10H2,1-2H3,(H,16,17). The van der Waals surface area contributed by atoms with Crippen LogP contribution in [-0.2, 0) is 6.61 Å². The number of benzene rings is 1. The number of nitrogens with one attached hydrogen (secondary N) is 1. The molecule has 0 aliphatic rings. The molecule has 0 fully saturated rings. The van der Waals surface area contributed by atoms with Gasteiger partial charge in [-0.15, -0.1) is 0 Å². The molecule has 3 nitrogen and oxygen atoms in total. The van der Waals surface area contributed by atoms with Gasteiger partial charge in [-0.05, 0) is 29.2 Å². The predicted octanol–water partition coefficient (Wildman–Crippen LogP) is 3.08. The minimum Gasteiger partial charge on any atom is -0.483 e. The lowest BCUT2D eigenvalue weighted by atomic mass is 10.0. The number of pyridine rings is 1. The maximum Gasteiger partial charge on any atom is 0.290 e. The summed E-state index contributed by atoms with van der Waals surface area (Å²) in [7, 11) is 0. The van der Waals surface area contributed by atoms with E-state index in [1.54, 1.807) is 18.3 Å². The SMILES string of the molecule is CC(C)c1ccc(COc2ccc[nH]c2=O)cc1. The van der Waals surface area contributed by atoms with E-state index < -0.39 is 0 Å². The maximum atomic E-state index is 11.4. The van der Waals surface area contributed by atoms with E-state index in [-0.39, 0.29) is 5.56 Å². The minimum atomic E-state index is -0.198. The van der Waals surface area contributed by atoms with Gasteiger partial charge in [0.1, 0.15) is 6.61 Å². The summed E-state index contributed by atoms with van der Waals surface area (Å²) in [5.74, 6) is 0.877. The summed E-state index contributed by atoms with van der Waals surface area (Å²) in [5.41, 5.74) is 2.16. The maximum absolute atomic E-state index is 11.4. The molecule has 0 saturated carbocycles. The fourth-order valence-electron chi connectivity index (χ4n) is 1.68. The molecule has 1 aromatic heterocycles. The highest BCUT2D eigenvalue weighted by Crippen LogP contribution is 2.15. The van der Waals surface area contributed by atoms with Crippen molar-refractivity contribution < 1.29 is 4.74 Å². The lowest BCUT2D eigenvalue weighted by Gasteiger charge is -2.08. The van der Waals surface area contributed by atoms with Crippen molar-refractivity contribution in [2.75, 3.05) is 0 Å². The zero-order valence-electron chi connectivity index (χ0n) is 10.6. The van der Waals surface area contributed by atoms with E-state index in [1.807, 2.05) is 12.1 Å². The third-order valence-corrected chi connectivity index (χ3v) is 2.82. The molecule has 0 atom stereocenters. The van der Waals surface area contributed by atoms with Crippen molar-refractivity contribution in [2.45, 2.75) is 26.4 Å². The van der Waals surface area contributed by atoms with Gasteiger partial charge in [0, 0.05) is 6.20 Å². The van der Waals surface area contributed by atoms with Gasteiger partial charge in [0.25, 0.3) is 5.56 Å². The van der Waals surface area contributed by atoms with E-state index in [0.29, 0.717) is 18.3 Å². The third kappa shape index (κ3) is 3.00. The van der Waals surface area contributed by atoms with E-state index in [2.05, 4.69) is 31.0 Å². The molecule has 3 heteroatoms. The first-order valence-electron chi connectivity index (χ1n) is 6.06. The Bertz CT molecular complexity index is 555. The Labute approximate surface area is 106 Å². The van der Waals surface area contributed by atoms with Gasteiger partial charge in [0.15, 0.2) is 5.75 Å². The first-order chi connectivity index (χ1) is 8.66. The van der Waals surface area contributed by atoms with Crippen molar-refractivity contribution in [2.24, 2.45) is 0 Å². The Balaban J connectivity index is 2.03. The van der Waals surface area contributed by atoms with Crippen molar-refractivity contribution in [3.8, 4) is 5.75 Å². The lowest BCUT2D eigenvalue weighted by molar-refractivity contribution is 0.301. The van der Waals surface area contributed by atoms with Crippen LogP contribution in [0.4, 0.5) is 0 Å². The van der Waals surface area contributed by atoms with Gasteiger partial charge in [0.2, 0.25) is 0 Å². The van der Waals surface area contributed by atoms with Gasteiger partial charge >= 0.3 is 0 Å². The van der Waals surface area contributed by atoms with Gasteiger partial charge in [-0.1, -0.05) is 38.1 Å². The van der Waals surface area contributed by atoms with Crippen LogP contribution in [0, 0.1) is 0 Å². The van der Waals surface area contributed by atoms with E-state index in [9.17, 15) is 4.79 Å². The fourth-order valence-corrected chi connectivity index (χ4v) is 1.68. The van der Waals surface area contributed by atoms with E-state index in [0.717, 1.165) is 5.56 Å². The molecule has 0 amide bonds. The van der Waals surface area contributed by atoms with Crippen molar-refractivity contribution in [1.29, 1.82) is 0 Å². The van der Waals surface area contributed by atoms with Crippen LogP contribution in [0.2, 0.25) is 0 Å². The van der Waals surface area contributed by atoms with Crippen molar-refractivity contribution in [3.05, 3.63) is 64.1 Å². The number of H-pyrrole nitrogens is 1. The smallest absolute Gasteiger partial charge is 0.290 e. The highest BCUT2D eigenvalue weighted by molar-refractivity contribution is 5.25. The van der Waals surface area contributed by atoms with Gasteiger partial charge in [-0.3, -0.25) is 4.79 Å². The summed E-state index contributed by atoms with van der Waals surface area (Å²) >= 11 is 0. The van der Waals surface area contributed by atoms with E-state index in [4.69, 9.17) is 4.74 Å². The third-order valence-electron chi connectivity index (χ3n) is 2.82. The van der Waals surface area contributed by atoms with Gasteiger partial charge in [0.05, 0.1) is 0 Å². The summed E-state index contributed by atoms with van der Waals surface area (Å²) in [6, 6.07) is 11.7. The highest BCUT2D eigenvalue weighted by Gasteiger charge is 2.01. The number of aromatic nitrogens is 1. The van der Waals surface area contributed by atoms with Crippen LogP contribution in [0.3, 0.4) is 0 Å². The second-order valence-corrected chi connectivity index (χ2v) is 4.55. The van der Waals surface area contributed by atoms with Crippen molar-refractivity contribution in [1.82, 2.24) is 4.98 Å². The molecule has 2 rings (SSSR count). The molecule has 94 valence electrons. The molecule has 0 unspecified atom stereocenters. The molecule has 2 aromatic rings. The molecule has 0 radical (unpaired) electrons. The second-order valence-electron chi connectivity index (χ2n) is 4.55. The molecular weight excluding hydrogens is 226 g/mol. The first kappa shape index (κ1) is 12.4. The number of rotatable bonds is 4. The van der Waals surface area contributed by atoms with Gasteiger partial charge in [-0.25, -0.2) is 0 Å². The average molecular weight is 243 g/mol. The number of hydrogen-bond donors (Lipinski definition) is 1. The molecule has 0 bridgehead atoms. The Morgan fingerprint density at radius 3 is 2.50 bits per heavy atom. The fraction of sp³-hybridized carbons (Fsp3) is 0.267. The zero-order valence-corrected chi connectivity index (χ0v) is 10.6. The normalized spacial score (nSPS) is 10.6. The first-order valence-corrected chi connectivity index (χ1v) is 6.06. The molecule has 0 aliphatic carbocycles. The lowest BCUT2D eigenvalue weighted by Crippen LogP contribution is -2.09. The topological polar surface area (TPSA) is 42.1 Å². The zero-order chi connectivity index (χ0) is 13.0. The summed E-state index contributed by atoms with van der Waals surface area (Å²) in [4.78, 5) is 14.0. The Morgan fingerprint density at radius 1 is 1.17 bits per heavy atom. The highest BCUT2D eigenvalue weighted by atomic mass is 16.5. The van der Waals surface area contributed by atoms with Gasteiger partial charge in [-0.2, -0.15) is 0 Å². The molecule has 18 heavy (non-hydrogen) atoms. The molecule has 0 spiro atoms. The van der Waals surface area contributed by atoms with E-state index >= 15 is 0 Å². The molecule has 0 saturated heterocycles. The second kappa shape index (κ2) is 5.54. The molecule has 1 heterocycles. The Kier molecular flexibility index (Phi) is 3.82. The van der Waals surface area contributed by atoms with Crippen LogP contribution in [0.15, 0.2) is 47.4 Å². The van der Waals surface area contributed by atoms with Crippen LogP contribution in [0.5, 0.6) is 5.75 Å². The van der Waals surface area contributed by atoms with Crippen LogP contribution >= 0.6 is 0 Å². The summed E-state index contributed by atoms with van der Waals surface area (Å²) < 4.78 is 5.48. The molecule has 1 aromatic carbocycles. The van der Waals surface area contributed by atoms with Crippen LogP contribution in [-0.4, -0.2) is 4.98 Å². The molecule has 0 aliphatic heterocycles. The van der Waals surface area contributed by atoms with E-state index in [1.165, 1.54) is 5.56 Å². The van der Waals surface area contributed by atoms with Crippen LogP contribution < -0.4 is 10.3 Å². The monoisotopic (exact) mass is 243 g/mol. The number of hydrogen-bond acceptors (Lipinski definition) is 2. The van der Waals surface area contributed by atoms with Gasteiger partial charge < -0.3 is 9.72 Å². The minimum absolute atomic E-state index is 0.198. The summed E-state index contributed by atoms with van der Waals surface area (Å²) in [6.07, 6.45) is 1.59. The average Bonchev–Trinajstić information content (AvgIpc) is 2.38. The quantitative estimate of drug-likeness (QED) is 0.896. The predicted molar refractivity (Wildman–Crippen MR) is 71.9 cm³/mol. The Morgan fingerprint density at radius 2 is 1.89 bits per heavy atom. The molecular formula is C15H17NO2. The number of ether oxygens (including phenoxy) is 1.